The Bertz CT molecular complexity index is 450. The first-order chi connectivity index (χ1) is 7.24. The van der Waals surface area contributed by atoms with Gasteiger partial charge >= 0.3 is 0 Å². The Labute approximate surface area is 88.9 Å². The molecule has 1 amide bonds. The molecule has 0 aliphatic rings. The number of nitrogens with one attached hydrogen (secondary N) is 2. The number of aromatic nitrogens is 5. The number of carbonyl (C=O) groups is 1. The molecule has 2 rings (SSSR count). The summed E-state index contributed by atoms with van der Waals surface area (Å²) in [6.45, 7) is 1.92. The maximum absolute atomic E-state index is 11.4. The zero-order chi connectivity index (χ0) is 10.7. The zero-order valence-corrected chi connectivity index (χ0v) is 8.71. The monoisotopic (exact) mass is 224 g/mol. The quantitative estimate of drug-likeness (QED) is 0.773. The van der Waals surface area contributed by atoms with Gasteiger partial charge in [-0.25, -0.2) is 4.98 Å². The molecule has 0 aliphatic carbocycles. The highest BCUT2D eigenvalue weighted by atomic mass is 32.1. The number of aryl methyl sites for hydroxylation is 1. The van der Waals surface area contributed by atoms with Gasteiger partial charge < -0.3 is 5.32 Å². The average molecular weight is 224 g/mol. The summed E-state index contributed by atoms with van der Waals surface area (Å²) in [7, 11) is 0. The van der Waals surface area contributed by atoms with Crippen molar-refractivity contribution in [3.8, 4) is 0 Å². The number of carbonyl (C=O) groups excluding carboxylic acids is 1. The van der Waals surface area contributed by atoms with Crippen LogP contribution in [0.25, 0.3) is 0 Å². The lowest BCUT2D eigenvalue weighted by Gasteiger charge is -1.96. The highest BCUT2D eigenvalue weighted by molar-refractivity contribution is 7.15. The fourth-order valence-corrected chi connectivity index (χ4v) is 1.66. The third-order valence-corrected chi connectivity index (χ3v) is 2.40. The first kappa shape index (κ1) is 9.71. The lowest BCUT2D eigenvalue weighted by molar-refractivity contribution is -0.115. The Kier molecular flexibility index (Phi) is 2.68. The summed E-state index contributed by atoms with van der Waals surface area (Å²) >= 11 is 1.42. The van der Waals surface area contributed by atoms with Crippen molar-refractivity contribution < 1.29 is 4.79 Å². The minimum atomic E-state index is -0.203. The number of rotatable bonds is 3. The largest absolute Gasteiger partial charge is 0.302 e. The van der Waals surface area contributed by atoms with E-state index in [0.717, 1.165) is 4.88 Å². The third-order valence-electron chi connectivity index (χ3n) is 1.58. The molecule has 0 fully saturated rings. The van der Waals surface area contributed by atoms with E-state index in [1.807, 2.05) is 6.92 Å². The Morgan fingerprint density at radius 1 is 1.67 bits per heavy atom. The van der Waals surface area contributed by atoms with Crippen molar-refractivity contribution in [1.29, 1.82) is 0 Å². The minimum absolute atomic E-state index is 0.0924. The van der Waals surface area contributed by atoms with Gasteiger partial charge in [0.2, 0.25) is 5.91 Å². The van der Waals surface area contributed by atoms with Crippen molar-refractivity contribution in [2.24, 2.45) is 0 Å². The highest BCUT2D eigenvalue weighted by Gasteiger charge is 2.08. The molecule has 0 bridgehead atoms. The molecule has 0 aromatic carbocycles. The molecular formula is C7H8N6OS. The lowest BCUT2D eigenvalue weighted by Crippen LogP contribution is -2.15. The first-order valence-electron chi connectivity index (χ1n) is 4.18. The van der Waals surface area contributed by atoms with E-state index in [-0.39, 0.29) is 12.3 Å². The van der Waals surface area contributed by atoms with E-state index in [2.05, 4.69) is 30.9 Å². The van der Waals surface area contributed by atoms with Crippen molar-refractivity contribution in [2.75, 3.05) is 5.32 Å². The summed E-state index contributed by atoms with van der Waals surface area (Å²) in [5.41, 5.74) is 0. The number of aromatic amines is 1. The highest BCUT2D eigenvalue weighted by Crippen LogP contribution is 2.16. The van der Waals surface area contributed by atoms with Crippen LogP contribution >= 0.6 is 11.3 Å². The van der Waals surface area contributed by atoms with Crippen molar-refractivity contribution in [1.82, 2.24) is 25.6 Å². The number of H-pyrrole nitrogens is 1. The van der Waals surface area contributed by atoms with E-state index >= 15 is 0 Å². The smallest absolute Gasteiger partial charge is 0.233 e. The van der Waals surface area contributed by atoms with E-state index < -0.39 is 0 Å². The minimum Gasteiger partial charge on any atom is -0.302 e. The number of anilines is 1. The van der Waals surface area contributed by atoms with E-state index in [0.29, 0.717) is 11.0 Å². The Balaban J connectivity index is 1.93. The van der Waals surface area contributed by atoms with Gasteiger partial charge in [-0.1, -0.05) is 5.21 Å². The standard InChI is InChI=1S/C7H8N6OS/c1-4-3-8-7(15-4)9-6(14)2-5-10-12-13-11-5/h3H,2H2,1H3,(H,8,9,14)(H,10,11,12,13). The molecule has 0 unspecified atom stereocenters. The summed E-state index contributed by atoms with van der Waals surface area (Å²) in [6.07, 6.45) is 1.80. The predicted molar refractivity (Wildman–Crippen MR) is 53.4 cm³/mol. The normalized spacial score (nSPS) is 10.2. The average Bonchev–Trinajstić information content (AvgIpc) is 2.77. The van der Waals surface area contributed by atoms with Gasteiger partial charge in [0.1, 0.15) is 0 Å². The summed E-state index contributed by atoms with van der Waals surface area (Å²) < 4.78 is 0. The van der Waals surface area contributed by atoms with Gasteiger partial charge in [-0.3, -0.25) is 4.79 Å². The fourth-order valence-electron chi connectivity index (χ4n) is 0.977. The second kappa shape index (κ2) is 4.13. The molecule has 8 heteroatoms. The molecule has 2 heterocycles. The predicted octanol–water partition coefficient (Wildman–Crippen LogP) is 0.146. The number of tetrazole rings is 1. The van der Waals surface area contributed by atoms with Gasteiger partial charge in [0, 0.05) is 11.1 Å². The van der Waals surface area contributed by atoms with Crippen LogP contribution in [0.2, 0.25) is 0 Å². The number of hydrogen-bond acceptors (Lipinski definition) is 6. The molecule has 7 nitrogen and oxygen atoms in total. The van der Waals surface area contributed by atoms with Gasteiger partial charge in [-0.05, 0) is 6.92 Å². The van der Waals surface area contributed by atoms with Crippen LogP contribution in [0.1, 0.15) is 10.7 Å². The Morgan fingerprint density at radius 2 is 2.53 bits per heavy atom. The van der Waals surface area contributed by atoms with Crippen LogP contribution in [0, 0.1) is 6.92 Å². The molecule has 0 saturated heterocycles. The molecule has 2 aromatic heterocycles. The van der Waals surface area contributed by atoms with Crippen LogP contribution in [0.15, 0.2) is 6.20 Å². The number of hydrogen-bond donors (Lipinski definition) is 2. The van der Waals surface area contributed by atoms with Gasteiger partial charge in [0.25, 0.3) is 0 Å². The van der Waals surface area contributed by atoms with E-state index in [1.54, 1.807) is 6.20 Å². The maximum atomic E-state index is 11.4. The van der Waals surface area contributed by atoms with Crippen LogP contribution in [0.3, 0.4) is 0 Å². The summed E-state index contributed by atoms with van der Waals surface area (Å²) in [4.78, 5) is 16.5. The molecule has 2 N–H and O–H groups in total. The van der Waals surface area contributed by atoms with Crippen LogP contribution in [-0.4, -0.2) is 31.5 Å². The van der Waals surface area contributed by atoms with Gasteiger partial charge in [0.05, 0.1) is 6.42 Å². The SMILES string of the molecule is Cc1cnc(NC(=O)Cc2nn[nH]n2)s1. The van der Waals surface area contributed by atoms with Gasteiger partial charge in [-0.2, -0.15) is 5.21 Å². The number of amides is 1. The molecule has 0 atom stereocenters. The molecule has 2 aromatic rings. The molecule has 15 heavy (non-hydrogen) atoms. The second-order valence-electron chi connectivity index (χ2n) is 2.83. The van der Waals surface area contributed by atoms with Crippen LogP contribution in [0.5, 0.6) is 0 Å². The van der Waals surface area contributed by atoms with Crippen molar-refractivity contribution in [3.63, 3.8) is 0 Å². The van der Waals surface area contributed by atoms with Gasteiger partial charge in [0.15, 0.2) is 11.0 Å². The number of nitrogens with zero attached hydrogens (tertiary/aromatic N) is 4. The second-order valence-corrected chi connectivity index (χ2v) is 4.06. The molecule has 78 valence electrons. The van der Waals surface area contributed by atoms with Crippen LogP contribution in [0.4, 0.5) is 5.13 Å². The Hall–Kier alpha value is -1.83. The topological polar surface area (TPSA) is 96.5 Å². The van der Waals surface area contributed by atoms with Crippen LogP contribution in [-0.2, 0) is 11.2 Å². The number of thiazole rings is 1. The van der Waals surface area contributed by atoms with Crippen molar-refractivity contribution in [3.05, 3.63) is 16.9 Å². The maximum Gasteiger partial charge on any atom is 0.233 e. The zero-order valence-electron chi connectivity index (χ0n) is 7.89. The van der Waals surface area contributed by atoms with E-state index in [9.17, 15) is 4.79 Å². The first-order valence-corrected chi connectivity index (χ1v) is 5.00. The molecule has 0 radical (unpaired) electrons. The van der Waals surface area contributed by atoms with Crippen molar-refractivity contribution >= 4 is 22.4 Å². The van der Waals surface area contributed by atoms with Crippen LogP contribution < -0.4 is 5.32 Å². The Morgan fingerprint density at radius 3 is 3.13 bits per heavy atom. The summed E-state index contributed by atoms with van der Waals surface area (Å²) in [5.74, 6) is 0.159. The van der Waals surface area contributed by atoms with E-state index in [1.165, 1.54) is 11.3 Å². The lowest BCUT2D eigenvalue weighted by atomic mass is 10.4. The summed E-state index contributed by atoms with van der Waals surface area (Å²) in [5, 5.41) is 16.2. The molecule has 0 spiro atoms. The van der Waals surface area contributed by atoms with E-state index in [4.69, 9.17) is 0 Å². The van der Waals surface area contributed by atoms with Crippen molar-refractivity contribution in [2.45, 2.75) is 13.3 Å². The molecule has 0 saturated carbocycles. The molecular weight excluding hydrogens is 216 g/mol. The fraction of sp³-hybridized carbons (Fsp3) is 0.286. The molecule has 0 aliphatic heterocycles. The summed E-state index contributed by atoms with van der Waals surface area (Å²) in [6, 6.07) is 0. The van der Waals surface area contributed by atoms with Gasteiger partial charge in [-0.15, -0.1) is 21.5 Å². The third kappa shape index (κ3) is 2.56.